The van der Waals surface area contributed by atoms with Crippen LogP contribution in [0.3, 0.4) is 0 Å². The van der Waals surface area contributed by atoms with Crippen molar-refractivity contribution in [2.45, 2.75) is 0 Å². The highest BCUT2D eigenvalue weighted by Gasteiger charge is 2.23. The minimum Gasteiger partial charge on any atom is -0.480 e. The van der Waals surface area contributed by atoms with E-state index in [4.69, 9.17) is 5.11 Å². The van der Waals surface area contributed by atoms with Crippen molar-refractivity contribution >= 4 is 27.8 Å². The molecule has 1 aromatic rings. The molecule has 98 valence electrons. The molecule has 1 fully saturated rings. The molecule has 6 nitrogen and oxygen atoms in total. The molecule has 0 bridgehead atoms. The molecule has 0 aromatic carbocycles. The maximum atomic E-state index is 12.1. The third-order valence-electron chi connectivity index (χ3n) is 2.90. The second-order valence-electron chi connectivity index (χ2n) is 4.19. The molecule has 1 saturated heterocycles. The van der Waals surface area contributed by atoms with Crippen molar-refractivity contribution in [2.24, 2.45) is 0 Å². The molecule has 0 saturated carbocycles. The van der Waals surface area contributed by atoms with Crippen molar-refractivity contribution in [2.75, 3.05) is 32.7 Å². The van der Waals surface area contributed by atoms with E-state index in [1.807, 2.05) is 4.90 Å². The molecule has 0 aliphatic carbocycles. The second-order valence-corrected chi connectivity index (χ2v) is 5.11. The van der Waals surface area contributed by atoms with E-state index in [-0.39, 0.29) is 12.5 Å². The van der Waals surface area contributed by atoms with Crippen LogP contribution in [0.25, 0.3) is 0 Å². The maximum absolute atomic E-state index is 12.1. The molecule has 2 heterocycles. The van der Waals surface area contributed by atoms with Gasteiger partial charge in [-0.15, -0.1) is 0 Å². The highest BCUT2D eigenvalue weighted by Crippen LogP contribution is 2.13. The lowest BCUT2D eigenvalue weighted by molar-refractivity contribution is -0.138. The van der Waals surface area contributed by atoms with Crippen LogP contribution in [0.1, 0.15) is 10.5 Å². The van der Waals surface area contributed by atoms with Crippen LogP contribution < -0.4 is 0 Å². The Morgan fingerprint density at radius 1 is 1.33 bits per heavy atom. The summed E-state index contributed by atoms with van der Waals surface area (Å²) in [4.78, 5) is 29.1. The van der Waals surface area contributed by atoms with Crippen LogP contribution in [-0.4, -0.2) is 64.5 Å². The monoisotopic (exact) mass is 315 g/mol. The lowest BCUT2D eigenvalue weighted by Crippen LogP contribution is -2.49. The normalized spacial score (nSPS) is 16.8. The first-order chi connectivity index (χ1) is 8.56. The topological polar surface area (TPSA) is 76.6 Å². The average molecular weight is 316 g/mol. The van der Waals surface area contributed by atoms with Gasteiger partial charge in [0.05, 0.1) is 6.54 Å². The molecular formula is C11H14BrN3O3. The van der Waals surface area contributed by atoms with Gasteiger partial charge in [-0.3, -0.25) is 14.5 Å². The first-order valence-electron chi connectivity index (χ1n) is 5.63. The van der Waals surface area contributed by atoms with Gasteiger partial charge < -0.3 is 15.0 Å². The summed E-state index contributed by atoms with van der Waals surface area (Å²) in [6.45, 7) is 2.35. The Balaban J connectivity index is 1.90. The number of piperazine rings is 1. The van der Waals surface area contributed by atoms with Crippen LogP contribution in [0.4, 0.5) is 0 Å². The third-order valence-corrected chi connectivity index (χ3v) is 3.35. The van der Waals surface area contributed by atoms with E-state index in [1.165, 1.54) is 0 Å². The molecule has 0 atom stereocenters. The Kier molecular flexibility index (Phi) is 4.03. The number of nitrogens with zero attached hydrogens (tertiary/aromatic N) is 2. The van der Waals surface area contributed by atoms with Gasteiger partial charge in [0.1, 0.15) is 5.69 Å². The van der Waals surface area contributed by atoms with Crippen LogP contribution in [0.2, 0.25) is 0 Å². The highest BCUT2D eigenvalue weighted by atomic mass is 79.9. The minimum absolute atomic E-state index is 0.0378. The largest absolute Gasteiger partial charge is 0.480 e. The predicted octanol–water partition coefficient (Wildman–Crippen LogP) is 0.620. The highest BCUT2D eigenvalue weighted by molar-refractivity contribution is 9.10. The van der Waals surface area contributed by atoms with Crippen molar-refractivity contribution < 1.29 is 14.7 Å². The number of H-pyrrole nitrogens is 1. The van der Waals surface area contributed by atoms with Gasteiger partial charge in [0.2, 0.25) is 0 Å². The lowest BCUT2D eigenvalue weighted by atomic mass is 10.3. The number of hydrogen-bond donors (Lipinski definition) is 2. The van der Waals surface area contributed by atoms with Crippen LogP contribution in [0, 0.1) is 0 Å². The Hall–Kier alpha value is -1.34. The summed E-state index contributed by atoms with van der Waals surface area (Å²) in [7, 11) is 0. The maximum Gasteiger partial charge on any atom is 0.317 e. The fourth-order valence-electron chi connectivity index (χ4n) is 1.96. The van der Waals surface area contributed by atoms with Crippen LogP contribution in [0.15, 0.2) is 16.7 Å². The summed E-state index contributed by atoms with van der Waals surface area (Å²) < 4.78 is 0.843. The molecule has 0 unspecified atom stereocenters. The first kappa shape index (κ1) is 13.1. The Morgan fingerprint density at radius 2 is 2.00 bits per heavy atom. The van der Waals surface area contributed by atoms with E-state index >= 15 is 0 Å². The number of amides is 1. The summed E-state index contributed by atoms with van der Waals surface area (Å²) in [5.41, 5.74) is 0.550. The fourth-order valence-corrected chi connectivity index (χ4v) is 2.31. The number of carbonyl (C=O) groups excluding carboxylic acids is 1. The van der Waals surface area contributed by atoms with E-state index in [9.17, 15) is 9.59 Å². The van der Waals surface area contributed by atoms with E-state index in [0.717, 1.165) is 4.47 Å². The number of nitrogens with one attached hydrogen (secondary N) is 1. The van der Waals surface area contributed by atoms with Crippen molar-refractivity contribution in [3.05, 3.63) is 22.4 Å². The standard InChI is InChI=1S/C11H14BrN3O3/c12-8-5-9(13-6-8)11(18)15-3-1-14(2-4-15)7-10(16)17/h5-6,13H,1-4,7H2,(H,16,17). The van der Waals surface area contributed by atoms with Crippen molar-refractivity contribution in [1.82, 2.24) is 14.8 Å². The van der Waals surface area contributed by atoms with Crippen LogP contribution in [0.5, 0.6) is 0 Å². The predicted molar refractivity (Wildman–Crippen MR) is 68.5 cm³/mol. The van der Waals surface area contributed by atoms with Gasteiger partial charge in [0.15, 0.2) is 0 Å². The number of rotatable bonds is 3. The van der Waals surface area contributed by atoms with Crippen LogP contribution in [-0.2, 0) is 4.79 Å². The molecule has 1 aliphatic rings. The van der Waals surface area contributed by atoms with Gasteiger partial charge in [0.25, 0.3) is 5.91 Å². The quantitative estimate of drug-likeness (QED) is 0.857. The van der Waals surface area contributed by atoms with Crippen LogP contribution >= 0.6 is 15.9 Å². The van der Waals surface area contributed by atoms with E-state index in [0.29, 0.717) is 31.9 Å². The Morgan fingerprint density at radius 3 is 2.50 bits per heavy atom. The molecular weight excluding hydrogens is 302 g/mol. The summed E-state index contributed by atoms with van der Waals surface area (Å²) in [6, 6.07) is 1.74. The van der Waals surface area contributed by atoms with E-state index < -0.39 is 5.97 Å². The molecule has 18 heavy (non-hydrogen) atoms. The molecule has 7 heteroatoms. The number of aliphatic carboxylic acids is 1. The lowest BCUT2D eigenvalue weighted by Gasteiger charge is -2.33. The summed E-state index contributed by atoms with van der Waals surface area (Å²) in [5.74, 6) is -0.876. The van der Waals surface area contributed by atoms with E-state index in [2.05, 4.69) is 20.9 Å². The number of carbonyl (C=O) groups is 2. The number of aromatic amines is 1. The molecule has 1 amide bonds. The average Bonchev–Trinajstić information content (AvgIpc) is 2.75. The number of halogens is 1. The molecule has 0 spiro atoms. The minimum atomic E-state index is -0.830. The first-order valence-corrected chi connectivity index (χ1v) is 6.43. The van der Waals surface area contributed by atoms with Gasteiger partial charge in [0, 0.05) is 36.8 Å². The molecule has 0 radical (unpaired) electrons. The third kappa shape index (κ3) is 3.11. The van der Waals surface area contributed by atoms with E-state index in [1.54, 1.807) is 17.2 Å². The van der Waals surface area contributed by atoms with Gasteiger partial charge >= 0.3 is 5.97 Å². The smallest absolute Gasteiger partial charge is 0.317 e. The van der Waals surface area contributed by atoms with Gasteiger partial charge in [-0.2, -0.15) is 0 Å². The van der Waals surface area contributed by atoms with Crippen molar-refractivity contribution in [3.8, 4) is 0 Å². The van der Waals surface area contributed by atoms with Gasteiger partial charge in [-0.25, -0.2) is 0 Å². The Bertz CT molecular complexity index is 452. The zero-order valence-corrected chi connectivity index (χ0v) is 11.3. The fraction of sp³-hybridized carbons (Fsp3) is 0.455. The molecule has 2 rings (SSSR count). The number of aromatic nitrogens is 1. The van der Waals surface area contributed by atoms with Gasteiger partial charge in [-0.1, -0.05) is 0 Å². The zero-order chi connectivity index (χ0) is 13.1. The second kappa shape index (κ2) is 5.53. The van der Waals surface area contributed by atoms with Crippen molar-refractivity contribution in [3.63, 3.8) is 0 Å². The Labute approximate surface area is 113 Å². The van der Waals surface area contributed by atoms with Crippen molar-refractivity contribution in [1.29, 1.82) is 0 Å². The summed E-state index contributed by atoms with van der Waals surface area (Å²) in [5, 5.41) is 8.69. The molecule has 1 aliphatic heterocycles. The zero-order valence-electron chi connectivity index (χ0n) is 9.73. The number of carboxylic acid groups (broad SMARTS) is 1. The molecule has 1 aromatic heterocycles. The summed E-state index contributed by atoms with van der Waals surface area (Å²) >= 11 is 3.29. The number of hydrogen-bond acceptors (Lipinski definition) is 3. The van der Waals surface area contributed by atoms with Gasteiger partial charge in [-0.05, 0) is 22.0 Å². The summed E-state index contributed by atoms with van der Waals surface area (Å²) in [6.07, 6.45) is 1.72. The number of carboxylic acids is 1. The SMILES string of the molecule is O=C(O)CN1CCN(C(=O)c2cc(Br)c[nH]2)CC1. The molecule has 2 N–H and O–H groups in total.